The molecule has 2 amide bonds. The maximum atomic E-state index is 13.2. The van der Waals surface area contributed by atoms with E-state index in [4.69, 9.17) is 10.5 Å². The minimum absolute atomic E-state index is 0.0430. The van der Waals surface area contributed by atoms with Gasteiger partial charge in [-0.1, -0.05) is 12.1 Å². The van der Waals surface area contributed by atoms with E-state index in [1.165, 1.54) is 12.1 Å². The summed E-state index contributed by atoms with van der Waals surface area (Å²) in [5.41, 5.74) is 6.30. The molecular formula is C17H22FN3O3. The number of hydrogen-bond acceptors (Lipinski definition) is 4. The molecule has 3 rings (SSSR count). The van der Waals surface area contributed by atoms with E-state index in [0.717, 1.165) is 12.0 Å². The van der Waals surface area contributed by atoms with Crippen molar-refractivity contribution in [2.24, 2.45) is 5.73 Å². The third kappa shape index (κ3) is 3.73. The third-order valence-corrected chi connectivity index (χ3v) is 4.54. The predicted octanol–water partition coefficient (Wildman–Crippen LogP) is 0.503. The Kier molecular flexibility index (Phi) is 5.11. The van der Waals surface area contributed by atoms with Crippen LogP contribution in [0.2, 0.25) is 0 Å². The number of benzene rings is 1. The van der Waals surface area contributed by atoms with Crippen LogP contribution in [0.5, 0.6) is 0 Å². The summed E-state index contributed by atoms with van der Waals surface area (Å²) in [6.45, 7) is 1.71. The zero-order valence-corrected chi connectivity index (χ0v) is 13.5. The van der Waals surface area contributed by atoms with Gasteiger partial charge in [-0.3, -0.25) is 9.59 Å². The zero-order valence-electron chi connectivity index (χ0n) is 13.5. The molecule has 7 heteroatoms. The van der Waals surface area contributed by atoms with Crippen molar-refractivity contribution < 1.29 is 18.7 Å². The summed E-state index contributed by atoms with van der Waals surface area (Å²) < 4.78 is 18.9. The molecule has 1 aromatic rings. The van der Waals surface area contributed by atoms with Crippen LogP contribution in [-0.2, 0) is 20.9 Å². The summed E-state index contributed by atoms with van der Waals surface area (Å²) in [4.78, 5) is 28.0. The molecule has 0 radical (unpaired) electrons. The Morgan fingerprint density at radius 1 is 1.33 bits per heavy atom. The van der Waals surface area contributed by atoms with Gasteiger partial charge in [-0.15, -0.1) is 0 Å². The number of rotatable bonds is 4. The Bertz CT molecular complexity index is 625. The lowest BCUT2D eigenvalue weighted by Gasteiger charge is -2.35. The minimum atomic E-state index is -0.485. The standard InChI is InChI=1S/C17H22FN3O3/c18-13-3-1-2-12(8-13)10-20-6-7-21(11-16(20)22)17(23)15-5-4-14(9-19)24-15/h1-3,8,14-15H,4-7,9-11,19H2/t14-,15+/m1/s1. The molecular weight excluding hydrogens is 313 g/mol. The number of nitrogens with two attached hydrogens (primary N) is 1. The van der Waals surface area contributed by atoms with Crippen molar-refractivity contribution in [3.8, 4) is 0 Å². The van der Waals surface area contributed by atoms with Crippen molar-refractivity contribution in [3.05, 3.63) is 35.6 Å². The van der Waals surface area contributed by atoms with Crippen molar-refractivity contribution in [3.63, 3.8) is 0 Å². The lowest BCUT2D eigenvalue weighted by Crippen LogP contribution is -2.54. The molecule has 0 aliphatic carbocycles. The summed E-state index contributed by atoms with van der Waals surface area (Å²) in [5.74, 6) is -0.585. The average molecular weight is 335 g/mol. The van der Waals surface area contributed by atoms with Crippen molar-refractivity contribution in [1.29, 1.82) is 0 Å². The minimum Gasteiger partial charge on any atom is -0.364 e. The van der Waals surface area contributed by atoms with Gasteiger partial charge in [0.05, 0.1) is 12.6 Å². The van der Waals surface area contributed by atoms with E-state index in [-0.39, 0.29) is 30.3 Å². The third-order valence-electron chi connectivity index (χ3n) is 4.54. The highest BCUT2D eigenvalue weighted by Crippen LogP contribution is 2.21. The molecule has 130 valence electrons. The van der Waals surface area contributed by atoms with Crippen molar-refractivity contribution in [2.45, 2.75) is 31.6 Å². The second kappa shape index (κ2) is 7.27. The molecule has 2 fully saturated rings. The van der Waals surface area contributed by atoms with E-state index in [2.05, 4.69) is 0 Å². The van der Waals surface area contributed by atoms with Crippen LogP contribution in [0.25, 0.3) is 0 Å². The molecule has 0 bridgehead atoms. The molecule has 0 saturated carbocycles. The number of nitrogens with zero attached hydrogens (tertiary/aromatic N) is 2. The van der Waals surface area contributed by atoms with Crippen LogP contribution in [0.15, 0.2) is 24.3 Å². The molecule has 2 atom stereocenters. The number of piperazine rings is 1. The molecule has 2 heterocycles. The first-order valence-corrected chi connectivity index (χ1v) is 8.23. The normalized spacial score (nSPS) is 24.5. The molecule has 6 nitrogen and oxygen atoms in total. The van der Waals surface area contributed by atoms with E-state index in [1.807, 2.05) is 0 Å². The summed E-state index contributed by atoms with van der Waals surface area (Å²) >= 11 is 0. The lowest BCUT2D eigenvalue weighted by atomic mass is 10.1. The Morgan fingerprint density at radius 2 is 2.17 bits per heavy atom. The molecule has 0 spiro atoms. The molecule has 0 aromatic heterocycles. The summed E-state index contributed by atoms with van der Waals surface area (Å²) in [6.07, 6.45) is 0.878. The SMILES string of the molecule is NC[C@H]1CC[C@@H](C(=O)N2CCN(Cc3cccc(F)c3)C(=O)C2)O1. The van der Waals surface area contributed by atoms with Gasteiger partial charge in [0, 0.05) is 26.2 Å². The molecule has 2 saturated heterocycles. The first kappa shape index (κ1) is 16.9. The van der Waals surface area contributed by atoms with Gasteiger partial charge in [0.25, 0.3) is 5.91 Å². The monoisotopic (exact) mass is 335 g/mol. The van der Waals surface area contributed by atoms with E-state index in [9.17, 15) is 14.0 Å². The molecule has 0 unspecified atom stereocenters. The van der Waals surface area contributed by atoms with Crippen LogP contribution in [0.4, 0.5) is 4.39 Å². The topological polar surface area (TPSA) is 75.9 Å². The van der Waals surface area contributed by atoms with Gasteiger partial charge in [-0.2, -0.15) is 0 Å². The highest BCUT2D eigenvalue weighted by Gasteiger charge is 2.35. The lowest BCUT2D eigenvalue weighted by molar-refractivity contribution is -0.152. The summed E-state index contributed by atoms with van der Waals surface area (Å²) in [6, 6.07) is 6.20. The molecule has 2 aliphatic heterocycles. The first-order chi connectivity index (χ1) is 11.6. The Hall–Kier alpha value is -1.99. The fraction of sp³-hybridized carbons (Fsp3) is 0.529. The van der Waals surface area contributed by atoms with Crippen LogP contribution in [0, 0.1) is 5.82 Å². The fourth-order valence-electron chi connectivity index (χ4n) is 3.18. The van der Waals surface area contributed by atoms with Gasteiger partial charge >= 0.3 is 0 Å². The molecule has 1 aromatic carbocycles. The number of carbonyl (C=O) groups excluding carboxylic acids is 2. The van der Waals surface area contributed by atoms with E-state index < -0.39 is 6.10 Å². The Labute approximate surface area is 140 Å². The van der Waals surface area contributed by atoms with Crippen molar-refractivity contribution in [2.75, 3.05) is 26.2 Å². The van der Waals surface area contributed by atoms with Gasteiger partial charge in [-0.25, -0.2) is 4.39 Å². The number of halogens is 1. The zero-order chi connectivity index (χ0) is 17.1. The van der Waals surface area contributed by atoms with E-state index in [1.54, 1.807) is 21.9 Å². The highest BCUT2D eigenvalue weighted by molar-refractivity contribution is 5.88. The Morgan fingerprint density at radius 3 is 2.83 bits per heavy atom. The van der Waals surface area contributed by atoms with Crippen LogP contribution in [0.3, 0.4) is 0 Å². The van der Waals surface area contributed by atoms with Crippen molar-refractivity contribution in [1.82, 2.24) is 9.80 Å². The average Bonchev–Trinajstić information content (AvgIpc) is 3.05. The van der Waals surface area contributed by atoms with Crippen LogP contribution >= 0.6 is 0 Å². The molecule has 2 aliphatic rings. The Balaban J connectivity index is 1.55. The van der Waals surface area contributed by atoms with Gasteiger partial charge < -0.3 is 20.3 Å². The number of hydrogen-bond donors (Lipinski definition) is 1. The quantitative estimate of drug-likeness (QED) is 0.869. The molecule has 2 N–H and O–H groups in total. The van der Waals surface area contributed by atoms with Crippen molar-refractivity contribution >= 4 is 11.8 Å². The maximum Gasteiger partial charge on any atom is 0.252 e. The highest BCUT2D eigenvalue weighted by atomic mass is 19.1. The number of amides is 2. The smallest absolute Gasteiger partial charge is 0.252 e. The maximum absolute atomic E-state index is 13.2. The van der Waals surface area contributed by atoms with Crippen LogP contribution in [-0.4, -0.2) is 60.0 Å². The second-order valence-corrected chi connectivity index (χ2v) is 6.26. The van der Waals surface area contributed by atoms with Crippen LogP contribution in [0.1, 0.15) is 18.4 Å². The number of ether oxygens (including phenoxy) is 1. The first-order valence-electron chi connectivity index (χ1n) is 8.23. The number of carbonyl (C=O) groups is 2. The second-order valence-electron chi connectivity index (χ2n) is 6.26. The van der Waals surface area contributed by atoms with Gasteiger partial charge in [0.2, 0.25) is 5.91 Å². The largest absolute Gasteiger partial charge is 0.364 e. The molecule has 24 heavy (non-hydrogen) atoms. The van der Waals surface area contributed by atoms with E-state index >= 15 is 0 Å². The van der Waals surface area contributed by atoms with Crippen LogP contribution < -0.4 is 5.73 Å². The predicted molar refractivity (Wildman–Crippen MR) is 85.3 cm³/mol. The summed E-state index contributed by atoms with van der Waals surface area (Å²) in [7, 11) is 0. The van der Waals surface area contributed by atoms with Gasteiger partial charge in [0.1, 0.15) is 11.9 Å². The summed E-state index contributed by atoms with van der Waals surface area (Å²) in [5, 5.41) is 0. The fourth-order valence-corrected chi connectivity index (χ4v) is 3.18. The van der Waals surface area contributed by atoms with Gasteiger partial charge in [0.15, 0.2) is 0 Å². The van der Waals surface area contributed by atoms with E-state index in [0.29, 0.717) is 32.6 Å². The van der Waals surface area contributed by atoms with Gasteiger partial charge in [-0.05, 0) is 30.5 Å².